The Balaban J connectivity index is 1.89. The number of rotatable bonds is 6. The summed E-state index contributed by atoms with van der Waals surface area (Å²) in [6.45, 7) is 1.02. The van der Waals surface area contributed by atoms with Gasteiger partial charge in [0, 0.05) is 32.4 Å². The molecule has 1 fully saturated rings. The van der Waals surface area contributed by atoms with Crippen LogP contribution in [0.25, 0.3) is 0 Å². The van der Waals surface area contributed by atoms with Crippen molar-refractivity contribution in [2.75, 3.05) is 52.5 Å². The molecule has 2 aromatic carbocycles. The highest BCUT2D eigenvalue weighted by atomic mass is 19.4. The third kappa shape index (κ3) is 4.98. The molecule has 0 N–H and O–H groups in total. The molecule has 2 aromatic rings. The van der Waals surface area contributed by atoms with E-state index in [1.807, 2.05) is 0 Å². The van der Waals surface area contributed by atoms with Gasteiger partial charge < -0.3 is 24.0 Å². The van der Waals surface area contributed by atoms with Crippen molar-refractivity contribution < 1.29 is 32.2 Å². The number of nitrogens with zero attached hydrogens (tertiary/aromatic N) is 3. The smallest absolute Gasteiger partial charge is 0.417 e. The lowest BCUT2D eigenvalue weighted by Crippen LogP contribution is -2.57. The quantitative estimate of drug-likeness (QED) is 0.652. The van der Waals surface area contributed by atoms with E-state index in [9.17, 15) is 18.0 Å². The molecule has 1 aliphatic rings. The van der Waals surface area contributed by atoms with Crippen LogP contribution < -0.4 is 14.4 Å². The second-order valence-corrected chi connectivity index (χ2v) is 7.43. The van der Waals surface area contributed by atoms with Crippen LogP contribution in [-0.4, -0.2) is 64.4 Å². The van der Waals surface area contributed by atoms with E-state index in [1.54, 1.807) is 34.1 Å². The minimum absolute atomic E-state index is 0.191. The minimum Gasteiger partial charge on any atom is -0.493 e. The Morgan fingerprint density at radius 3 is 2.52 bits per heavy atom. The Hall–Kier alpha value is -3.45. The monoisotopic (exact) mass is 463 g/mol. The molecule has 0 radical (unpaired) electrons. The van der Waals surface area contributed by atoms with Gasteiger partial charge in [-0.05, 0) is 30.3 Å². The lowest BCUT2D eigenvalue weighted by molar-refractivity contribution is -0.137. The maximum absolute atomic E-state index is 13.4. The summed E-state index contributed by atoms with van der Waals surface area (Å²) in [4.78, 5) is 16.8. The van der Waals surface area contributed by atoms with E-state index in [-0.39, 0.29) is 25.6 Å². The van der Waals surface area contributed by atoms with Crippen molar-refractivity contribution >= 4 is 11.6 Å². The summed E-state index contributed by atoms with van der Waals surface area (Å²) in [5.74, 6) is 0.441. The van der Waals surface area contributed by atoms with Gasteiger partial charge in [-0.15, -0.1) is 0 Å². The molecule has 1 amide bonds. The van der Waals surface area contributed by atoms with E-state index < -0.39 is 23.3 Å². The van der Waals surface area contributed by atoms with Crippen molar-refractivity contribution in [3.63, 3.8) is 0 Å². The van der Waals surface area contributed by atoms with E-state index in [2.05, 4.69) is 0 Å². The first-order chi connectivity index (χ1) is 15.7. The van der Waals surface area contributed by atoms with Crippen molar-refractivity contribution in [3.05, 3.63) is 53.1 Å². The number of alkyl halides is 3. The first-order valence-electron chi connectivity index (χ1n) is 10.1. The van der Waals surface area contributed by atoms with E-state index in [4.69, 9.17) is 19.5 Å². The number of para-hydroxylation sites is 1. The number of amides is 1. The predicted molar refractivity (Wildman–Crippen MR) is 115 cm³/mol. The molecule has 1 aliphatic heterocycles. The van der Waals surface area contributed by atoms with Crippen molar-refractivity contribution in [1.29, 1.82) is 5.26 Å². The second kappa shape index (κ2) is 10.0. The Labute approximate surface area is 189 Å². The van der Waals surface area contributed by atoms with Crippen molar-refractivity contribution in [3.8, 4) is 17.6 Å². The van der Waals surface area contributed by atoms with Gasteiger partial charge in [0.25, 0.3) is 5.91 Å². The van der Waals surface area contributed by atoms with Gasteiger partial charge in [0.15, 0.2) is 11.5 Å². The Morgan fingerprint density at radius 1 is 1.15 bits per heavy atom. The molecule has 0 spiro atoms. The third-order valence-electron chi connectivity index (χ3n) is 5.53. The van der Waals surface area contributed by atoms with Crippen LogP contribution in [0.5, 0.6) is 11.5 Å². The average Bonchev–Trinajstić information content (AvgIpc) is 2.82. The third-order valence-corrected chi connectivity index (χ3v) is 5.53. The molecule has 1 saturated heterocycles. The van der Waals surface area contributed by atoms with Crippen molar-refractivity contribution in [2.24, 2.45) is 0 Å². The van der Waals surface area contributed by atoms with Crippen molar-refractivity contribution in [2.45, 2.75) is 12.2 Å². The number of hydrogen-bond acceptors (Lipinski definition) is 6. The lowest BCUT2D eigenvalue weighted by atomic mass is 10.0. The van der Waals surface area contributed by atoms with Crippen LogP contribution in [0.4, 0.5) is 18.9 Å². The molecule has 7 nitrogen and oxygen atoms in total. The zero-order valence-corrected chi connectivity index (χ0v) is 18.5. The van der Waals surface area contributed by atoms with Crippen LogP contribution in [0.1, 0.15) is 21.5 Å². The highest BCUT2D eigenvalue weighted by Gasteiger charge is 2.36. The van der Waals surface area contributed by atoms with Crippen LogP contribution in [0.2, 0.25) is 0 Å². The summed E-state index contributed by atoms with van der Waals surface area (Å²) in [6, 6.07) is 9.81. The van der Waals surface area contributed by atoms with Gasteiger partial charge in [-0.2, -0.15) is 18.4 Å². The number of ether oxygens (including phenoxy) is 3. The van der Waals surface area contributed by atoms with Crippen molar-refractivity contribution in [1.82, 2.24) is 4.90 Å². The highest BCUT2D eigenvalue weighted by Crippen LogP contribution is 2.36. The van der Waals surface area contributed by atoms with Crippen LogP contribution in [0, 0.1) is 11.3 Å². The molecule has 1 heterocycles. The normalized spacial score (nSPS) is 16.3. The molecular weight excluding hydrogens is 439 g/mol. The number of anilines is 1. The van der Waals surface area contributed by atoms with Gasteiger partial charge in [-0.1, -0.05) is 6.07 Å². The molecule has 0 bridgehead atoms. The second-order valence-electron chi connectivity index (χ2n) is 7.43. The summed E-state index contributed by atoms with van der Waals surface area (Å²) >= 11 is 0. The van der Waals surface area contributed by atoms with Crippen LogP contribution >= 0.6 is 0 Å². The fourth-order valence-electron chi connectivity index (χ4n) is 3.96. The molecule has 0 aliphatic carbocycles. The number of halogens is 3. The molecule has 0 aromatic heterocycles. The molecule has 3 rings (SSSR count). The summed E-state index contributed by atoms with van der Waals surface area (Å²) in [5.41, 5.74) is -0.762. The molecular formula is C23H24F3N3O4. The minimum atomic E-state index is -4.65. The number of benzene rings is 2. The lowest BCUT2D eigenvalue weighted by Gasteiger charge is -2.42. The van der Waals surface area contributed by atoms with Gasteiger partial charge >= 0.3 is 6.18 Å². The van der Waals surface area contributed by atoms with Gasteiger partial charge in [-0.25, -0.2) is 0 Å². The summed E-state index contributed by atoms with van der Waals surface area (Å²) in [6.07, 6.45) is -4.65. The summed E-state index contributed by atoms with van der Waals surface area (Å²) in [5, 5.41) is 9.04. The number of methoxy groups -OCH3 is 3. The summed E-state index contributed by atoms with van der Waals surface area (Å²) in [7, 11) is 4.42. The van der Waals surface area contributed by atoms with Crippen LogP contribution in [0.3, 0.4) is 0 Å². The van der Waals surface area contributed by atoms with Gasteiger partial charge in [0.1, 0.15) is 0 Å². The first kappa shape index (κ1) is 24.2. The molecule has 33 heavy (non-hydrogen) atoms. The van der Waals surface area contributed by atoms with E-state index in [0.717, 1.165) is 6.07 Å². The van der Waals surface area contributed by atoms with Gasteiger partial charge in [-0.3, -0.25) is 4.79 Å². The number of carbonyl (C=O) groups is 1. The fourth-order valence-corrected chi connectivity index (χ4v) is 3.96. The molecule has 0 saturated carbocycles. The SMILES string of the molecule is COCC1CN(c2ccc(C#N)c(C(F)(F)F)c2)CCN1C(=O)c1cccc(OC)c1OC. The fraction of sp³-hybridized carbons (Fsp3) is 0.391. The standard InChI is InChI=1S/C23H24F3N3O4/c1-31-14-17-13-28(16-8-7-15(12-27)19(11-16)23(24,25)26)9-10-29(17)22(30)18-5-4-6-20(32-2)21(18)33-3/h4-8,11,17H,9-10,13-14H2,1-3H3. The Kier molecular flexibility index (Phi) is 7.33. The zero-order chi connectivity index (χ0) is 24.2. The van der Waals surface area contributed by atoms with Gasteiger partial charge in [0.2, 0.25) is 0 Å². The maximum atomic E-state index is 13.4. The van der Waals surface area contributed by atoms with Gasteiger partial charge in [0.05, 0.1) is 49.6 Å². The Bertz CT molecular complexity index is 1050. The van der Waals surface area contributed by atoms with E-state index >= 15 is 0 Å². The van der Waals surface area contributed by atoms with E-state index in [1.165, 1.54) is 33.5 Å². The molecule has 176 valence electrons. The molecule has 1 unspecified atom stereocenters. The maximum Gasteiger partial charge on any atom is 0.417 e. The number of hydrogen-bond donors (Lipinski definition) is 0. The van der Waals surface area contributed by atoms with Crippen LogP contribution in [0.15, 0.2) is 36.4 Å². The van der Waals surface area contributed by atoms with E-state index in [0.29, 0.717) is 29.3 Å². The number of carbonyl (C=O) groups excluding carboxylic acids is 1. The first-order valence-corrected chi connectivity index (χ1v) is 10.1. The van der Waals surface area contributed by atoms with Crippen LogP contribution in [-0.2, 0) is 10.9 Å². The number of nitriles is 1. The topological polar surface area (TPSA) is 75.0 Å². The number of piperazine rings is 1. The average molecular weight is 463 g/mol. The Morgan fingerprint density at radius 2 is 1.91 bits per heavy atom. The highest BCUT2D eigenvalue weighted by molar-refractivity contribution is 5.98. The molecule has 10 heteroatoms. The largest absolute Gasteiger partial charge is 0.493 e. The summed E-state index contributed by atoms with van der Waals surface area (Å²) < 4.78 is 56.2. The predicted octanol–water partition coefficient (Wildman–Crippen LogP) is 3.57. The zero-order valence-electron chi connectivity index (χ0n) is 18.5. The molecule has 1 atom stereocenters.